The van der Waals surface area contributed by atoms with Crippen LogP contribution < -0.4 is 4.74 Å². The van der Waals surface area contributed by atoms with E-state index in [9.17, 15) is 0 Å². The molecule has 1 aromatic rings. The third kappa shape index (κ3) is 1.70. The lowest BCUT2D eigenvalue weighted by molar-refractivity contribution is 0.0428. The molecule has 2 aliphatic heterocycles. The quantitative estimate of drug-likeness (QED) is 0.698. The van der Waals surface area contributed by atoms with E-state index >= 15 is 0 Å². The second kappa shape index (κ2) is 3.93. The van der Waals surface area contributed by atoms with Crippen molar-refractivity contribution in [2.75, 3.05) is 19.3 Å². The van der Waals surface area contributed by atoms with E-state index in [0.29, 0.717) is 0 Å². The molecule has 2 aliphatic rings. The van der Waals surface area contributed by atoms with Gasteiger partial charge in [-0.15, -0.1) is 0 Å². The summed E-state index contributed by atoms with van der Waals surface area (Å²) in [5, 5.41) is 0. The summed E-state index contributed by atoms with van der Waals surface area (Å²) in [4.78, 5) is 4.13. The van der Waals surface area contributed by atoms with E-state index in [1.54, 1.807) is 0 Å². The Labute approximate surface area is 100 Å². The topological polar surface area (TPSA) is 25.4 Å². The molecule has 1 aromatic heterocycles. The molecule has 0 atom stereocenters. The van der Waals surface area contributed by atoms with Gasteiger partial charge in [-0.1, -0.05) is 11.9 Å². The van der Waals surface area contributed by atoms with Crippen molar-refractivity contribution in [3.63, 3.8) is 0 Å². The van der Waals surface area contributed by atoms with Gasteiger partial charge in [0.2, 0.25) is 0 Å². The van der Waals surface area contributed by atoms with Crippen molar-refractivity contribution in [2.45, 2.75) is 24.9 Å². The van der Waals surface area contributed by atoms with E-state index in [2.05, 4.69) is 21.6 Å². The Bertz CT molecular complexity index is 361. The molecule has 3 nitrogen and oxygen atoms in total. The first-order valence-corrected chi connectivity index (χ1v) is 6.90. The number of piperidine rings is 1. The van der Waals surface area contributed by atoms with Crippen LogP contribution >= 0.6 is 11.9 Å². The van der Waals surface area contributed by atoms with Crippen LogP contribution in [0, 0.1) is 0 Å². The second-order valence-corrected chi connectivity index (χ2v) is 5.44. The van der Waals surface area contributed by atoms with E-state index in [1.807, 2.05) is 24.3 Å². The fraction of sp³-hybridized carbons (Fsp3) is 0.583. The zero-order chi connectivity index (χ0) is 11.0. The fourth-order valence-electron chi connectivity index (χ4n) is 2.62. The first kappa shape index (κ1) is 10.4. The molecule has 16 heavy (non-hydrogen) atoms. The van der Waals surface area contributed by atoms with Crippen LogP contribution in [-0.4, -0.2) is 34.2 Å². The van der Waals surface area contributed by atoms with Gasteiger partial charge >= 0.3 is 0 Å². The molecule has 86 valence electrons. The van der Waals surface area contributed by atoms with Crippen LogP contribution in [0.25, 0.3) is 0 Å². The summed E-state index contributed by atoms with van der Waals surface area (Å²) < 4.78 is 8.54. The number of aromatic nitrogens is 1. The molecular weight excluding hydrogens is 220 g/mol. The summed E-state index contributed by atoms with van der Waals surface area (Å²) in [5.41, 5.74) is 1.39. The number of pyridine rings is 1. The number of rotatable bonds is 1. The summed E-state index contributed by atoms with van der Waals surface area (Å²) >= 11 is 1.84. The van der Waals surface area contributed by atoms with Crippen LogP contribution in [0.3, 0.4) is 0 Å². The highest BCUT2D eigenvalue weighted by Gasteiger charge is 2.41. The zero-order valence-electron chi connectivity index (χ0n) is 9.48. The van der Waals surface area contributed by atoms with Gasteiger partial charge in [0.15, 0.2) is 0 Å². The van der Waals surface area contributed by atoms with Gasteiger partial charge in [0.05, 0.1) is 6.20 Å². The summed E-state index contributed by atoms with van der Waals surface area (Å²) in [5.74, 6) is 1.00. The predicted molar refractivity (Wildman–Crippen MR) is 65.6 cm³/mol. The molecule has 0 N–H and O–H groups in total. The minimum absolute atomic E-state index is 0.0671. The van der Waals surface area contributed by atoms with Crippen LogP contribution in [0.15, 0.2) is 18.5 Å². The van der Waals surface area contributed by atoms with Crippen LogP contribution in [0.5, 0.6) is 5.75 Å². The predicted octanol–water partition coefficient (Wildman–Crippen LogP) is 2.13. The molecule has 1 fully saturated rings. The Morgan fingerprint density at radius 3 is 2.94 bits per heavy atom. The normalized spacial score (nSPS) is 23.1. The molecule has 3 heterocycles. The standard InChI is InChI=1S/C12H16N2OS/c1-16-14-6-3-12(4-7-14)8-10-2-5-13-9-11(10)15-12/h2,5,9H,3-4,6-8H2,1H3. The van der Waals surface area contributed by atoms with Crippen molar-refractivity contribution in [2.24, 2.45) is 0 Å². The molecule has 4 heteroatoms. The first-order valence-electron chi connectivity index (χ1n) is 5.72. The number of hydrogen-bond donors (Lipinski definition) is 0. The second-order valence-electron chi connectivity index (χ2n) is 4.56. The fourth-order valence-corrected chi connectivity index (χ4v) is 3.17. The monoisotopic (exact) mass is 236 g/mol. The Hall–Kier alpha value is -0.740. The summed E-state index contributed by atoms with van der Waals surface area (Å²) in [7, 11) is 0. The lowest BCUT2D eigenvalue weighted by Crippen LogP contribution is -2.45. The van der Waals surface area contributed by atoms with Gasteiger partial charge in [-0.05, 0) is 12.3 Å². The summed E-state index contributed by atoms with van der Waals surface area (Å²) in [6.07, 6.45) is 9.17. The maximum absolute atomic E-state index is 6.13. The van der Waals surface area contributed by atoms with Crippen LogP contribution in [0.1, 0.15) is 18.4 Å². The van der Waals surface area contributed by atoms with Crippen molar-refractivity contribution in [3.8, 4) is 5.75 Å². The third-order valence-electron chi connectivity index (χ3n) is 3.60. The zero-order valence-corrected chi connectivity index (χ0v) is 10.3. The first-order chi connectivity index (χ1) is 7.81. The largest absolute Gasteiger partial charge is 0.485 e. The minimum atomic E-state index is 0.0671. The van der Waals surface area contributed by atoms with E-state index < -0.39 is 0 Å². The smallest absolute Gasteiger partial charge is 0.141 e. The molecule has 0 amide bonds. The van der Waals surface area contributed by atoms with Crippen molar-refractivity contribution in [1.29, 1.82) is 0 Å². The summed E-state index contributed by atoms with van der Waals surface area (Å²) in [6, 6.07) is 2.09. The minimum Gasteiger partial charge on any atom is -0.485 e. The Morgan fingerprint density at radius 1 is 1.44 bits per heavy atom. The van der Waals surface area contributed by atoms with Crippen LogP contribution in [0.2, 0.25) is 0 Å². The van der Waals surface area contributed by atoms with Crippen molar-refractivity contribution in [1.82, 2.24) is 9.29 Å². The highest BCUT2D eigenvalue weighted by atomic mass is 32.2. The average molecular weight is 236 g/mol. The van der Waals surface area contributed by atoms with E-state index in [-0.39, 0.29) is 5.60 Å². The van der Waals surface area contributed by atoms with Gasteiger partial charge < -0.3 is 4.74 Å². The Balaban J connectivity index is 1.75. The van der Waals surface area contributed by atoms with Gasteiger partial charge in [-0.2, -0.15) is 0 Å². The van der Waals surface area contributed by atoms with E-state index in [4.69, 9.17) is 4.74 Å². The van der Waals surface area contributed by atoms with Crippen molar-refractivity contribution < 1.29 is 4.74 Å². The Kier molecular flexibility index (Phi) is 2.56. The molecular formula is C12H16N2OS. The number of ether oxygens (including phenoxy) is 1. The molecule has 3 rings (SSSR count). The molecule has 0 bridgehead atoms. The average Bonchev–Trinajstić information content (AvgIpc) is 2.68. The molecule has 0 saturated carbocycles. The molecule has 1 saturated heterocycles. The molecule has 0 aliphatic carbocycles. The number of hydrogen-bond acceptors (Lipinski definition) is 4. The highest BCUT2D eigenvalue weighted by Crippen LogP contribution is 2.40. The molecule has 0 unspecified atom stereocenters. The SMILES string of the molecule is CSN1CCC2(CC1)Cc1ccncc1O2. The van der Waals surface area contributed by atoms with E-state index in [1.165, 1.54) is 5.56 Å². The van der Waals surface area contributed by atoms with Gasteiger partial charge in [0.1, 0.15) is 11.4 Å². The van der Waals surface area contributed by atoms with Crippen LogP contribution in [-0.2, 0) is 6.42 Å². The third-order valence-corrected chi connectivity index (χ3v) is 4.48. The van der Waals surface area contributed by atoms with Gasteiger partial charge in [0, 0.05) is 44.1 Å². The van der Waals surface area contributed by atoms with E-state index in [0.717, 1.165) is 38.1 Å². The highest BCUT2D eigenvalue weighted by molar-refractivity contribution is 7.96. The van der Waals surface area contributed by atoms with Crippen molar-refractivity contribution >= 4 is 11.9 Å². The summed E-state index contributed by atoms with van der Waals surface area (Å²) in [6.45, 7) is 2.26. The lowest BCUT2D eigenvalue weighted by Gasteiger charge is -2.37. The molecule has 0 radical (unpaired) electrons. The Morgan fingerprint density at radius 2 is 2.25 bits per heavy atom. The maximum atomic E-state index is 6.13. The molecule has 1 spiro atoms. The van der Waals surface area contributed by atoms with Crippen molar-refractivity contribution in [3.05, 3.63) is 24.0 Å². The number of fused-ring (bicyclic) bond motifs is 1. The van der Waals surface area contributed by atoms with Gasteiger partial charge in [0.25, 0.3) is 0 Å². The maximum Gasteiger partial charge on any atom is 0.141 e. The number of nitrogens with zero attached hydrogens (tertiary/aromatic N) is 2. The van der Waals surface area contributed by atoms with Gasteiger partial charge in [-0.3, -0.25) is 9.29 Å². The molecule has 0 aromatic carbocycles. The lowest BCUT2D eigenvalue weighted by atomic mass is 9.88. The van der Waals surface area contributed by atoms with Gasteiger partial charge in [-0.25, -0.2) is 0 Å². The van der Waals surface area contributed by atoms with Crippen LogP contribution in [0.4, 0.5) is 0 Å².